The minimum atomic E-state index is 0.422. The van der Waals surface area contributed by atoms with E-state index in [0.717, 1.165) is 48.7 Å². The van der Waals surface area contributed by atoms with E-state index in [2.05, 4.69) is 34.0 Å². The average molecular weight is 367 g/mol. The minimum absolute atomic E-state index is 0.422. The van der Waals surface area contributed by atoms with Gasteiger partial charge in [0.2, 0.25) is 0 Å². The van der Waals surface area contributed by atoms with Crippen LogP contribution in [0.15, 0.2) is 30.7 Å². The van der Waals surface area contributed by atoms with Crippen molar-refractivity contribution in [3.8, 4) is 11.4 Å². The third-order valence-corrected chi connectivity index (χ3v) is 4.75. The van der Waals surface area contributed by atoms with Gasteiger partial charge in [0.25, 0.3) is 0 Å². The smallest absolute Gasteiger partial charge is 0.165 e. The Labute approximate surface area is 158 Å². The monoisotopic (exact) mass is 367 g/mol. The van der Waals surface area contributed by atoms with Crippen molar-refractivity contribution < 1.29 is 4.74 Å². The summed E-state index contributed by atoms with van der Waals surface area (Å²) in [5, 5.41) is 5.38. The maximum absolute atomic E-state index is 5.85. The third kappa shape index (κ3) is 3.77. The lowest BCUT2D eigenvalue weighted by molar-refractivity contribution is 0.113. The van der Waals surface area contributed by atoms with Gasteiger partial charge in [-0.05, 0) is 26.2 Å². The summed E-state index contributed by atoms with van der Waals surface area (Å²) in [5.41, 5.74) is 1.73. The predicted octanol–water partition coefficient (Wildman–Crippen LogP) is 1.44. The largest absolute Gasteiger partial charge is 0.379 e. The number of ether oxygens (including phenoxy) is 1. The second kappa shape index (κ2) is 7.58. The molecule has 1 fully saturated rings. The number of aryl methyl sites for hydroxylation is 1. The van der Waals surface area contributed by atoms with E-state index in [0.29, 0.717) is 18.3 Å². The Morgan fingerprint density at radius 2 is 2.15 bits per heavy atom. The van der Waals surface area contributed by atoms with Gasteiger partial charge in [0.1, 0.15) is 5.82 Å². The molecule has 27 heavy (non-hydrogen) atoms. The Morgan fingerprint density at radius 3 is 2.93 bits per heavy atom. The summed E-state index contributed by atoms with van der Waals surface area (Å²) < 4.78 is 7.65. The van der Waals surface area contributed by atoms with Crippen LogP contribution in [0.2, 0.25) is 0 Å². The van der Waals surface area contributed by atoms with Crippen molar-refractivity contribution in [1.82, 2.24) is 29.6 Å². The topological polar surface area (TPSA) is 72.2 Å². The molecule has 1 aliphatic heterocycles. The summed E-state index contributed by atoms with van der Waals surface area (Å²) in [6.45, 7) is 4.14. The van der Waals surface area contributed by atoms with Gasteiger partial charge in [-0.3, -0.25) is 9.67 Å². The molecule has 0 unspecified atom stereocenters. The second-order valence-corrected chi connectivity index (χ2v) is 7.27. The van der Waals surface area contributed by atoms with Crippen LogP contribution < -0.4 is 4.90 Å². The first-order chi connectivity index (χ1) is 13.1. The molecule has 0 bridgehead atoms. The fraction of sp³-hybridized carbons (Fsp3) is 0.474. The Kier molecular flexibility index (Phi) is 5.00. The molecule has 0 N–H and O–H groups in total. The normalized spacial score (nSPS) is 18.2. The SMILES string of the molecule is CN(C)C[C@@H]1COCCN(c2nc(-c3cccnc3)nc3c2cnn3C)C1. The van der Waals surface area contributed by atoms with Gasteiger partial charge in [-0.1, -0.05) is 0 Å². The number of hydrogen-bond donors (Lipinski definition) is 0. The molecule has 0 spiro atoms. The summed E-state index contributed by atoms with van der Waals surface area (Å²) in [7, 11) is 6.10. The van der Waals surface area contributed by atoms with Crippen LogP contribution in [0.5, 0.6) is 0 Å². The van der Waals surface area contributed by atoms with E-state index in [1.165, 1.54) is 0 Å². The van der Waals surface area contributed by atoms with E-state index in [9.17, 15) is 0 Å². The maximum Gasteiger partial charge on any atom is 0.165 e. The van der Waals surface area contributed by atoms with Gasteiger partial charge in [0, 0.05) is 50.6 Å². The van der Waals surface area contributed by atoms with Gasteiger partial charge in [0.15, 0.2) is 11.5 Å². The molecule has 0 radical (unpaired) electrons. The van der Waals surface area contributed by atoms with Crippen molar-refractivity contribution in [1.29, 1.82) is 0 Å². The quantitative estimate of drug-likeness (QED) is 0.691. The van der Waals surface area contributed by atoms with Crippen LogP contribution in [0.3, 0.4) is 0 Å². The number of anilines is 1. The lowest BCUT2D eigenvalue weighted by Crippen LogP contribution is -2.35. The van der Waals surface area contributed by atoms with Crippen LogP contribution in [0.1, 0.15) is 0 Å². The fourth-order valence-electron chi connectivity index (χ4n) is 3.57. The van der Waals surface area contributed by atoms with Crippen molar-refractivity contribution >= 4 is 16.9 Å². The van der Waals surface area contributed by atoms with Gasteiger partial charge >= 0.3 is 0 Å². The highest BCUT2D eigenvalue weighted by molar-refractivity contribution is 5.88. The predicted molar refractivity (Wildman–Crippen MR) is 105 cm³/mol. The highest BCUT2D eigenvalue weighted by Crippen LogP contribution is 2.28. The molecule has 0 aliphatic carbocycles. The van der Waals surface area contributed by atoms with E-state index in [-0.39, 0.29) is 0 Å². The highest BCUT2D eigenvalue weighted by atomic mass is 16.5. The van der Waals surface area contributed by atoms with Crippen molar-refractivity contribution in [2.24, 2.45) is 13.0 Å². The number of pyridine rings is 1. The van der Waals surface area contributed by atoms with E-state index in [1.54, 1.807) is 17.1 Å². The summed E-state index contributed by atoms with van der Waals surface area (Å²) in [4.78, 5) is 18.4. The molecule has 8 nitrogen and oxygen atoms in total. The zero-order valence-electron chi connectivity index (χ0n) is 16.0. The van der Waals surface area contributed by atoms with E-state index in [1.807, 2.05) is 25.4 Å². The van der Waals surface area contributed by atoms with Crippen LogP contribution >= 0.6 is 0 Å². The molecule has 4 heterocycles. The van der Waals surface area contributed by atoms with E-state index in [4.69, 9.17) is 14.7 Å². The molecule has 1 atom stereocenters. The zero-order valence-corrected chi connectivity index (χ0v) is 16.0. The number of rotatable bonds is 4. The molecular weight excluding hydrogens is 342 g/mol. The standard InChI is InChI=1S/C19H25N7O/c1-24(2)11-14-12-26(7-8-27-13-14)19-16-10-21-25(3)18(16)22-17(23-19)15-5-4-6-20-9-15/h4-6,9-10,14H,7-8,11-13H2,1-3H3/t14-/m0/s1. The van der Waals surface area contributed by atoms with Crippen molar-refractivity contribution in [2.45, 2.75) is 0 Å². The Bertz CT molecular complexity index is 909. The molecule has 3 aromatic rings. The lowest BCUT2D eigenvalue weighted by atomic mass is 10.1. The summed E-state index contributed by atoms with van der Waals surface area (Å²) in [6, 6.07) is 3.88. The molecule has 0 aromatic carbocycles. The van der Waals surface area contributed by atoms with Crippen LogP contribution in [-0.2, 0) is 11.8 Å². The number of hydrogen-bond acceptors (Lipinski definition) is 7. The first-order valence-corrected chi connectivity index (χ1v) is 9.19. The van der Waals surface area contributed by atoms with E-state index < -0.39 is 0 Å². The Hall–Kier alpha value is -2.58. The number of aromatic nitrogens is 5. The van der Waals surface area contributed by atoms with Crippen LogP contribution in [-0.4, -0.2) is 76.6 Å². The average Bonchev–Trinajstić information content (AvgIpc) is 2.89. The molecule has 0 saturated carbocycles. The zero-order chi connectivity index (χ0) is 18.8. The van der Waals surface area contributed by atoms with E-state index >= 15 is 0 Å². The molecule has 1 aliphatic rings. The highest BCUT2D eigenvalue weighted by Gasteiger charge is 2.24. The third-order valence-electron chi connectivity index (χ3n) is 4.75. The fourth-order valence-corrected chi connectivity index (χ4v) is 3.57. The van der Waals surface area contributed by atoms with Crippen molar-refractivity contribution in [3.63, 3.8) is 0 Å². The van der Waals surface area contributed by atoms with Crippen LogP contribution in [0.4, 0.5) is 5.82 Å². The molecular formula is C19H25N7O. The summed E-state index contributed by atoms with van der Waals surface area (Å²) >= 11 is 0. The molecule has 1 saturated heterocycles. The molecule has 8 heteroatoms. The van der Waals surface area contributed by atoms with Gasteiger partial charge in [-0.15, -0.1) is 0 Å². The van der Waals surface area contributed by atoms with Gasteiger partial charge < -0.3 is 14.5 Å². The van der Waals surface area contributed by atoms with Crippen molar-refractivity contribution in [3.05, 3.63) is 30.7 Å². The molecule has 3 aromatic heterocycles. The second-order valence-electron chi connectivity index (χ2n) is 7.27. The maximum atomic E-state index is 5.85. The molecule has 142 valence electrons. The van der Waals surface area contributed by atoms with Crippen molar-refractivity contribution in [2.75, 3.05) is 51.8 Å². The minimum Gasteiger partial charge on any atom is -0.379 e. The first-order valence-electron chi connectivity index (χ1n) is 9.19. The lowest BCUT2D eigenvalue weighted by Gasteiger charge is -2.26. The summed E-state index contributed by atoms with van der Waals surface area (Å²) in [6.07, 6.45) is 5.40. The Morgan fingerprint density at radius 1 is 1.26 bits per heavy atom. The molecule has 4 rings (SSSR count). The molecule has 0 amide bonds. The van der Waals surface area contributed by atoms with Gasteiger partial charge in [-0.2, -0.15) is 5.10 Å². The summed E-state index contributed by atoms with van der Waals surface area (Å²) in [5.74, 6) is 2.01. The first kappa shape index (κ1) is 17.8. The van der Waals surface area contributed by atoms with Crippen LogP contribution in [0.25, 0.3) is 22.4 Å². The van der Waals surface area contributed by atoms with Crippen LogP contribution in [0, 0.1) is 5.92 Å². The number of nitrogens with zero attached hydrogens (tertiary/aromatic N) is 7. The van der Waals surface area contributed by atoms with Gasteiger partial charge in [0.05, 0.1) is 24.8 Å². The van der Waals surface area contributed by atoms with Gasteiger partial charge in [-0.25, -0.2) is 9.97 Å². The Balaban J connectivity index is 1.77. The number of fused-ring (bicyclic) bond motifs is 1.